The van der Waals surface area contributed by atoms with Gasteiger partial charge in [-0.15, -0.1) is 24.0 Å². The lowest BCUT2D eigenvalue weighted by Crippen LogP contribution is -2.49. The minimum Gasteiger partial charge on any atom is -0.497 e. The molecule has 1 heterocycles. The van der Waals surface area contributed by atoms with Gasteiger partial charge in [-0.05, 0) is 56.0 Å². The number of benzene rings is 2. The Bertz CT molecular complexity index is 852. The minimum absolute atomic E-state index is 0. The number of nitrogens with one attached hydrogen (secondary N) is 2. The maximum Gasteiger partial charge on any atom is 0.191 e. The summed E-state index contributed by atoms with van der Waals surface area (Å²) >= 11 is 0. The van der Waals surface area contributed by atoms with Gasteiger partial charge in [-0.2, -0.15) is 0 Å². The number of aliphatic imine (C=N–C) groups is 1. The van der Waals surface area contributed by atoms with Crippen LogP contribution < -0.4 is 20.1 Å². The van der Waals surface area contributed by atoms with Crippen molar-refractivity contribution in [1.82, 2.24) is 10.6 Å². The van der Waals surface area contributed by atoms with Gasteiger partial charge in [-0.25, -0.2) is 0 Å². The Morgan fingerprint density at radius 3 is 2.41 bits per heavy atom. The first-order valence-corrected chi connectivity index (χ1v) is 11.0. The molecule has 1 aliphatic rings. The molecule has 0 spiro atoms. The average molecular weight is 553 g/mol. The van der Waals surface area contributed by atoms with Crippen LogP contribution in [0.4, 0.5) is 0 Å². The maximum atomic E-state index is 6.07. The molecule has 7 heteroatoms. The quantitative estimate of drug-likeness (QED) is 0.290. The number of guanidine groups is 1. The van der Waals surface area contributed by atoms with E-state index in [1.165, 1.54) is 5.56 Å². The zero-order valence-electron chi connectivity index (χ0n) is 19.5. The van der Waals surface area contributed by atoms with Crippen LogP contribution >= 0.6 is 24.0 Å². The van der Waals surface area contributed by atoms with E-state index in [2.05, 4.69) is 47.7 Å². The molecule has 0 bridgehead atoms. The number of ether oxygens (including phenoxy) is 3. The molecule has 2 N–H and O–H groups in total. The van der Waals surface area contributed by atoms with E-state index in [-0.39, 0.29) is 35.5 Å². The lowest BCUT2D eigenvalue weighted by atomic mass is 9.74. The summed E-state index contributed by atoms with van der Waals surface area (Å²) in [5.41, 5.74) is 2.44. The van der Waals surface area contributed by atoms with Crippen molar-refractivity contribution in [2.24, 2.45) is 4.99 Å². The normalized spacial score (nSPS) is 16.4. The summed E-state index contributed by atoms with van der Waals surface area (Å²) in [5, 5.41) is 6.93. The highest BCUT2D eigenvalue weighted by Gasteiger charge is 2.34. The molecule has 0 amide bonds. The van der Waals surface area contributed by atoms with Crippen molar-refractivity contribution < 1.29 is 14.2 Å². The van der Waals surface area contributed by atoms with Gasteiger partial charge < -0.3 is 24.8 Å². The number of para-hydroxylation sites is 1. The number of methoxy groups -OCH3 is 1. The van der Waals surface area contributed by atoms with E-state index in [0.717, 1.165) is 55.6 Å². The maximum absolute atomic E-state index is 6.07. The van der Waals surface area contributed by atoms with E-state index in [0.29, 0.717) is 6.54 Å². The van der Waals surface area contributed by atoms with Gasteiger partial charge in [0.25, 0.3) is 0 Å². The predicted octanol–water partition coefficient (Wildman–Crippen LogP) is 4.30. The third-order valence-corrected chi connectivity index (χ3v) is 5.95. The Kier molecular flexibility index (Phi) is 10.6. The van der Waals surface area contributed by atoms with Gasteiger partial charge in [0.2, 0.25) is 0 Å². The molecule has 3 rings (SSSR count). The van der Waals surface area contributed by atoms with Gasteiger partial charge in [-0.3, -0.25) is 4.99 Å². The van der Waals surface area contributed by atoms with Gasteiger partial charge in [0, 0.05) is 32.2 Å². The zero-order chi connectivity index (χ0) is 22.1. The van der Waals surface area contributed by atoms with Gasteiger partial charge in [0.05, 0.1) is 13.7 Å². The zero-order valence-corrected chi connectivity index (χ0v) is 21.8. The van der Waals surface area contributed by atoms with Crippen LogP contribution in [0.3, 0.4) is 0 Å². The molecule has 176 valence electrons. The van der Waals surface area contributed by atoms with Crippen LogP contribution in [0.2, 0.25) is 0 Å². The fourth-order valence-corrected chi connectivity index (χ4v) is 3.94. The average Bonchev–Trinajstić information content (AvgIpc) is 2.81. The number of aryl methyl sites for hydroxylation is 1. The van der Waals surface area contributed by atoms with Gasteiger partial charge in [-0.1, -0.05) is 30.3 Å². The Morgan fingerprint density at radius 1 is 1.09 bits per heavy atom. The predicted molar refractivity (Wildman–Crippen MR) is 141 cm³/mol. The van der Waals surface area contributed by atoms with Crippen LogP contribution in [0, 0.1) is 6.92 Å². The van der Waals surface area contributed by atoms with Gasteiger partial charge in [0.15, 0.2) is 5.96 Å². The SMILES string of the molecule is CN=C(NCC(C)Oc1ccccc1C)NCC1(c2ccc(OC)cc2)CCOCC1.I. The number of nitrogens with zero attached hydrogens (tertiary/aromatic N) is 1. The van der Waals surface area contributed by atoms with Crippen LogP contribution in [0.5, 0.6) is 11.5 Å². The van der Waals surface area contributed by atoms with Gasteiger partial charge >= 0.3 is 0 Å². The topological polar surface area (TPSA) is 64.1 Å². The van der Waals surface area contributed by atoms with Crippen molar-refractivity contribution in [3.05, 3.63) is 59.7 Å². The fourth-order valence-electron chi connectivity index (χ4n) is 3.94. The van der Waals surface area contributed by atoms with E-state index in [1.54, 1.807) is 14.2 Å². The second-order valence-electron chi connectivity index (χ2n) is 8.12. The highest BCUT2D eigenvalue weighted by molar-refractivity contribution is 14.0. The molecule has 0 saturated carbocycles. The largest absolute Gasteiger partial charge is 0.497 e. The first kappa shape index (κ1) is 26.3. The van der Waals surface area contributed by atoms with Crippen LogP contribution in [0.1, 0.15) is 30.9 Å². The first-order valence-electron chi connectivity index (χ1n) is 11.0. The Morgan fingerprint density at radius 2 is 1.78 bits per heavy atom. The second-order valence-corrected chi connectivity index (χ2v) is 8.12. The summed E-state index contributed by atoms with van der Waals surface area (Å²) < 4.78 is 17.1. The Labute approximate surface area is 209 Å². The number of halogens is 1. The molecule has 2 aromatic rings. The summed E-state index contributed by atoms with van der Waals surface area (Å²) in [5.74, 6) is 2.57. The molecule has 6 nitrogen and oxygen atoms in total. The smallest absolute Gasteiger partial charge is 0.191 e. The van der Waals surface area contributed by atoms with E-state index in [1.807, 2.05) is 30.3 Å². The number of rotatable bonds is 8. The van der Waals surface area contributed by atoms with E-state index < -0.39 is 0 Å². The molecular weight excluding hydrogens is 517 g/mol. The highest BCUT2D eigenvalue weighted by atomic mass is 127. The third-order valence-electron chi connectivity index (χ3n) is 5.95. The molecule has 0 aromatic heterocycles. The molecule has 2 aromatic carbocycles. The fraction of sp³-hybridized carbons (Fsp3) is 0.480. The lowest BCUT2D eigenvalue weighted by Gasteiger charge is -2.38. The monoisotopic (exact) mass is 553 g/mol. The summed E-state index contributed by atoms with van der Waals surface area (Å²) in [6, 6.07) is 16.5. The van der Waals surface area contributed by atoms with Crippen LogP contribution in [-0.2, 0) is 10.2 Å². The molecule has 1 atom stereocenters. The van der Waals surface area contributed by atoms with Gasteiger partial charge in [0.1, 0.15) is 17.6 Å². The van der Waals surface area contributed by atoms with Crippen LogP contribution in [-0.4, -0.2) is 52.5 Å². The Hall–Kier alpha value is -2.00. The summed E-state index contributed by atoms with van der Waals surface area (Å²) in [7, 11) is 3.49. The molecule has 1 saturated heterocycles. The van der Waals surface area contributed by atoms with Crippen molar-refractivity contribution in [3.63, 3.8) is 0 Å². The molecule has 1 fully saturated rings. The van der Waals surface area contributed by atoms with Crippen molar-refractivity contribution in [1.29, 1.82) is 0 Å². The number of hydrogen-bond acceptors (Lipinski definition) is 4. The summed E-state index contributed by atoms with van der Waals surface area (Å²) in [6.07, 6.45) is 1.95. The standard InChI is InChI=1S/C25H35N3O3.HI/c1-19-7-5-6-8-23(19)31-20(2)17-27-24(26-3)28-18-25(13-15-30-16-14-25)21-9-11-22(29-4)12-10-21;/h5-12,20H,13-18H2,1-4H3,(H2,26,27,28);1H. The van der Waals surface area contributed by atoms with Crippen molar-refractivity contribution in [2.75, 3.05) is 40.5 Å². The molecule has 0 aliphatic carbocycles. The van der Waals surface area contributed by atoms with E-state index >= 15 is 0 Å². The molecule has 1 aliphatic heterocycles. The lowest BCUT2D eigenvalue weighted by molar-refractivity contribution is 0.0513. The molecule has 1 unspecified atom stereocenters. The van der Waals surface area contributed by atoms with Crippen LogP contribution in [0.25, 0.3) is 0 Å². The first-order chi connectivity index (χ1) is 15.1. The van der Waals surface area contributed by atoms with Crippen molar-refractivity contribution >= 4 is 29.9 Å². The van der Waals surface area contributed by atoms with E-state index in [4.69, 9.17) is 14.2 Å². The van der Waals surface area contributed by atoms with Crippen molar-refractivity contribution in [2.45, 2.75) is 38.2 Å². The summed E-state index contributed by atoms with van der Waals surface area (Å²) in [6.45, 7) is 7.09. The van der Waals surface area contributed by atoms with Crippen molar-refractivity contribution in [3.8, 4) is 11.5 Å². The Balaban J connectivity index is 0.00000363. The van der Waals surface area contributed by atoms with Crippen LogP contribution in [0.15, 0.2) is 53.5 Å². The highest BCUT2D eigenvalue weighted by Crippen LogP contribution is 2.35. The molecular formula is C25H36IN3O3. The molecule has 0 radical (unpaired) electrons. The second kappa shape index (κ2) is 12.9. The van der Waals surface area contributed by atoms with E-state index in [9.17, 15) is 0 Å². The minimum atomic E-state index is 0. The third kappa shape index (κ3) is 7.00. The summed E-state index contributed by atoms with van der Waals surface area (Å²) in [4.78, 5) is 4.41. The number of hydrogen-bond donors (Lipinski definition) is 2. The molecule has 32 heavy (non-hydrogen) atoms.